The van der Waals surface area contributed by atoms with Gasteiger partial charge in [0.2, 0.25) is 0 Å². The third-order valence-corrected chi connectivity index (χ3v) is 24.3. The molecule has 4 saturated heterocycles. The number of aryl methyl sites for hydroxylation is 4. The Hall–Kier alpha value is -11.2. The lowest BCUT2D eigenvalue weighted by molar-refractivity contribution is -0.137. The van der Waals surface area contributed by atoms with E-state index in [1.807, 2.05) is 123 Å². The van der Waals surface area contributed by atoms with Crippen LogP contribution in [0.15, 0.2) is 142 Å². The predicted molar refractivity (Wildman–Crippen MR) is 507 cm³/mol. The molecule has 0 radical (unpaired) electrons. The summed E-state index contributed by atoms with van der Waals surface area (Å²) >= 11 is 25.9. The second kappa shape index (κ2) is 55.9. The van der Waals surface area contributed by atoms with Crippen molar-refractivity contribution in [2.24, 2.45) is 20.6 Å². The third kappa shape index (κ3) is 33.5. The lowest BCUT2D eigenvalue weighted by Gasteiger charge is -2.26. The number of phenols is 4. The van der Waals surface area contributed by atoms with E-state index in [4.69, 9.17) is 84.7 Å². The van der Waals surface area contributed by atoms with Gasteiger partial charge in [-0.3, -0.25) is 19.2 Å². The molecule has 32 heteroatoms. The van der Waals surface area contributed by atoms with Crippen LogP contribution in [0.2, 0.25) is 20.1 Å². The fourth-order valence-electron chi connectivity index (χ4n) is 15.6. The SMILES string of the molecule is Cc1cc(C)c2c(c1Cl)CC(=N/OCC(=O)N1CCCCC1)/C=C/CC/C=C/CCOC2=O.Cc1cc(C)c2c(c1Cl)CC(=N\OCC(=O)N1CCCCC1)/C=C/CC/C=C/CCOC2=O.O=C1OCC/C=C/CC/C=C/C(=N/OCC(=O)N2CCCCC2)Cc2c(Cl)c(O)cc(O)c21.O=C1OCC/C=C/CC/C=C/C(=NOCC(=O)N2CCCC2)Cc2c(Cl)c(O)cc(O)c21. The number of halogens is 4. The summed E-state index contributed by atoms with van der Waals surface area (Å²) in [7, 11) is 0. The van der Waals surface area contributed by atoms with Gasteiger partial charge in [0.05, 0.1) is 70.4 Å². The highest BCUT2D eigenvalue weighted by molar-refractivity contribution is 6.35. The number of allylic oxidation sites excluding steroid dienone is 12. The van der Waals surface area contributed by atoms with Crippen molar-refractivity contribution in [1.29, 1.82) is 0 Å². The number of rotatable bonds is 12. The zero-order valence-corrected chi connectivity index (χ0v) is 78.4. The molecule has 0 atom stereocenters. The molecular weight excluding hydrogens is 1760 g/mol. The van der Waals surface area contributed by atoms with Crippen LogP contribution in [0.25, 0.3) is 0 Å². The summed E-state index contributed by atoms with van der Waals surface area (Å²) in [6.07, 6.45) is 52.1. The van der Waals surface area contributed by atoms with Gasteiger partial charge in [-0.05, 0) is 244 Å². The molecule has 8 aliphatic rings. The highest BCUT2D eigenvalue weighted by Crippen LogP contribution is 2.40. The smallest absolute Gasteiger partial charge is 0.342 e. The summed E-state index contributed by atoms with van der Waals surface area (Å²) in [6, 6.07) is 5.80. The molecule has 131 heavy (non-hydrogen) atoms. The van der Waals surface area contributed by atoms with Crippen LogP contribution in [0.3, 0.4) is 0 Å². The molecule has 4 aromatic rings. The Morgan fingerprint density at radius 2 is 0.519 bits per heavy atom. The third-order valence-electron chi connectivity index (χ3n) is 22.4. The predicted octanol–water partition coefficient (Wildman–Crippen LogP) is 18.5. The van der Waals surface area contributed by atoms with Crippen molar-refractivity contribution in [3.63, 3.8) is 0 Å². The normalized spacial score (nSPS) is 20.9. The van der Waals surface area contributed by atoms with Crippen LogP contribution in [-0.2, 0) is 83.2 Å². The molecular formula is C99H122Cl4N8O20. The molecule has 0 saturated carbocycles. The Balaban J connectivity index is 0.000000197. The van der Waals surface area contributed by atoms with Crippen LogP contribution in [-0.4, -0.2) is 216 Å². The molecule has 0 bridgehead atoms. The van der Waals surface area contributed by atoms with E-state index in [9.17, 15) is 58.8 Å². The van der Waals surface area contributed by atoms with Gasteiger partial charge in [-0.2, -0.15) is 0 Å². The van der Waals surface area contributed by atoms with Gasteiger partial charge in [-0.1, -0.05) is 152 Å². The Bertz CT molecular complexity index is 4640. The fourth-order valence-corrected chi connectivity index (χ4v) is 16.4. The Morgan fingerprint density at radius 3 is 0.779 bits per heavy atom. The van der Waals surface area contributed by atoms with E-state index >= 15 is 0 Å². The quantitative estimate of drug-likeness (QED) is 0.0443. The van der Waals surface area contributed by atoms with Gasteiger partial charge in [0.1, 0.15) is 34.1 Å². The first-order valence-electron chi connectivity index (χ1n) is 45.2. The number of ether oxygens (including phenoxy) is 4. The second-order valence-corrected chi connectivity index (χ2v) is 34.1. The maximum atomic E-state index is 12.9. The van der Waals surface area contributed by atoms with Crippen LogP contribution in [0, 0.1) is 27.7 Å². The van der Waals surface area contributed by atoms with Crippen LogP contribution >= 0.6 is 46.4 Å². The van der Waals surface area contributed by atoms with E-state index in [0.29, 0.717) is 107 Å². The Labute approximate surface area is 786 Å². The number of cyclic esters (lactones) is 4. The molecule has 12 rings (SSSR count). The van der Waals surface area contributed by atoms with Crippen molar-refractivity contribution in [3.8, 4) is 23.0 Å². The van der Waals surface area contributed by atoms with Crippen molar-refractivity contribution >= 4 is 117 Å². The van der Waals surface area contributed by atoms with Crippen LogP contribution in [0.4, 0.5) is 0 Å². The van der Waals surface area contributed by atoms with Gasteiger partial charge < -0.3 is 78.3 Å². The molecule has 4 fully saturated rings. The van der Waals surface area contributed by atoms with Gasteiger partial charge in [0.15, 0.2) is 26.4 Å². The number of piperidine rings is 3. The molecule has 8 heterocycles. The second-order valence-electron chi connectivity index (χ2n) is 32.6. The van der Waals surface area contributed by atoms with Gasteiger partial charge in [-0.25, -0.2) is 19.2 Å². The number of hydrogen-bond acceptors (Lipinski definition) is 24. The van der Waals surface area contributed by atoms with Gasteiger partial charge >= 0.3 is 23.9 Å². The standard InChI is InChI=1S/2C26H33ClN2O4.C24H29ClN2O6.C23H27ClN2O6/c2*1-19-16-20(2)25(27)22-17-21(28-33-18-23(30)29-13-9-7-10-14-29)12-8-5-3-4-6-11-15-32-26(31)24(19)22;25-23-18-14-17(26-33-16-21(30)27-11-7-5-8-12-27)10-6-3-1-2-4-9-13-32-24(31)22(18)19(28)15-20(23)29;24-22-17-13-16(25-32-15-20(29)26-10-6-7-11-26)9-5-3-1-2-4-8-12-31-23(30)21(17)18(27)14-19(22)28/h2*4,6,8,12,16H,3,5,7,9-11,13-15,17-18H2,1-2H3;2,4,6,10,15,28-29H,1,3,5,7-9,11-14,16H2;2,4-5,9,14,27-28H,1,3,6-8,10-13,15H2/b6-4+,12-8+,28-21+;6-4+,12-8+,28-21-;4-2+,10-6+,26-17-;4-2+,9-5+,25-16?. The minimum absolute atomic E-state index is 0.0184. The molecule has 0 spiro atoms. The van der Waals surface area contributed by atoms with Gasteiger partial charge in [0.25, 0.3) is 23.6 Å². The summed E-state index contributed by atoms with van der Waals surface area (Å²) in [6.45, 7) is 13.9. The molecule has 0 aliphatic carbocycles. The van der Waals surface area contributed by atoms with Crippen molar-refractivity contribution in [1.82, 2.24) is 19.6 Å². The van der Waals surface area contributed by atoms with Gasteiger partial charge in [-0.15, -0.1) is 0 Å². The lowest BCUT2D eigenvalue weighted by atomic mass is 9.94. The molecule has 4 N–H and O–H groups in total. The molecule has 8 aliphatic heterocycles. The number of fused-ring (bicyclic) bond motifs is 4. The van der Waals surface area contributed by atoms with E-state index in [-0.39, 0.29) is 132 Å². The van der Waals surface area contributed by atoms with Crippen LogP contribution in [0.1, 0.15) is 234 Å². The Kier molecular flexibility index (Phi) is 44.1. The van der Waals surface area contributed by atoms with E-state index in [2.05, 4.69) is 32.8 Å². The van der Waals surface area contributed by atoms with E-state index < -0.39 is 23.4 Å². The molecule has 0 aromatic heterocycles. The average molecular weight is 1890 g/mol. The molecule has 0 unspecified atom stereocenters. The van der Waals surface area contributed by atoms with E-state index in [0.717, 1.165) is 209 Å². The fraction of sp³-hybridized carbons (Fsp3) is 0.475. The summed E-state index contributed by atoms with van der Waals surface area (Å²) < 4.78 is 21.6. The number of carbonyl (C=O) groups excluding carboxylic acids is 8. The summed E-state index contributed by atoms with van der Waals surface area (Å²) in [4.78, 5) is 129. The van der Waals surface area contributed by atoms with Crippen LogP contribution < -0.4 is 0 Å². The van der Waals surface area contributed by atoms with Gasteiger partial charge in [0, 0.05) is 100 Å². The molecule has 706 valence electrons. The minimum atomic E-state index is -0.752. The van der Waals surface area contributed by atoms with Crippen molar-refractivity contribution < 1.29 is 97.1 Å². The zero-order chi connectivity index (χ0) is 93.8. The number of oxime groups is 4. The molecule has 28 nitrogen and oxygen atoms in total. The number of carbonyl (C=O) groups is 8. The van der Waals surface area contributed by atoms with Crippen LogP contribution in [0.5, 0.6) is 23.0 Å². The topological polar surface area (TPSA) is 354 Å². The summed E-state index contributed by atoms with van der Waals surface area (Å²) in [5.41, 5.74) is 7.68. The number of benzene rings is 4. The minimum Gasteiger partial charge on any atom is -0.507 e. The first-order valence-corrected chi connectivity index (χ1v) is 46.7. The number of phenolic OH excluding ortho intramolecular Hbond substituents is 4. The van der Waals surface area contributed by atoms with E-state index in [1.54, 1.807) is 22.0 Å². The monoisotopic (exact) mass is 1880 g/mol. The average Bonchev–Trinajstić information content (AvgIpc) is 1.06. The van der Waals surface area contributed by atoms with E-state index in [1.165, 1.54) is 0 Å². The number of aromatic hydroxyl groups is 4. The maximum Gasteiger partial charge on any atom is 0.342 e. The number of likely N-dealkylation sites (tertiary alicyclic amines) is 4. The maximum absolute atomic E-state index is 12.9. The lowest BCUT2D eigenvalue weighted by Crippen LogP contribution is -2.37. The first kappa shape index (κ1) is 104. The molecule has 4 amide bonds. The summed E-state index contributed by atoms with van der Waals surface area (Å²) in [5, 5.41) is 58.4. The van der Waals surface area contributed by atoms with Crippen molar-refractivity contribution in [2.45, 2.75) is 201 Å². The molecule has 4 aromatic carbocycles. The zero-order valence-electron chi connectivity index (χ0n) is 75.4. The largest absolute Gasteiger partial charge is 0.507 e. The van der Waals surface area contributed by atoms with Crippen molar-refractivity contribution in [2.75, 3.05) is 105 Å². The highest BCUT2D eigenvalue weighted by atomic mass is 35.5. The first-order chi connectivity index (χ1) is 63.4. The number of nitrogens with zero attached hydrogens (tertiary/aromatic N) is 8. The highest BCUT2D eigenvalue weighted by Gasteiger charge is 2.30. The number of esters is 4. The number of hydrogen-bond donors (Lipinski definition) is 4. The summed E-state index contributed by atoms with van der Waals surface area (Å²) in [5.74, 6) is -4.28. The van der Waals surface area contributed by atoms with Crippen molar-refractivity contribution in [3.05, 3.63) is 208 Å². The Morgan fingerprint density at radius 1 is 0.298 bits per heavy atom. The number of amides is 4.